The van der Waals surface area contributed by atoms with E-state index in [0.29, 0.717) is 11.0 Å². The fraction of sp³-hybridized carbons (Fsp3) is 0.273. The van der Waals surface area contributed by atoms with E-state index < -0.39 is 0 Å². The molecule has 0 aliphatic rings. The second kappa shape index (κ2) is 4.49. The number of hydrogen-bond donors (Lipinski definition) is 1. The molecule has 16 heavy (non-hydrogen) atoms. The van der Waals surface area contributed by atoms with Crippen LogP contribution in [0.1, 0.15) is 36.9 Å². The topological polar surface area (TPSA) is 64.9 Å². The van der Waals surface area contributed by atoms with Gasteiger partial charge in [0.2, 0.25) is 0 Å². The Morgan fingerprint density at radius 1 is 1.44 bits per heavy atom. The molecule has 0 fully saturated rings. The summed E-state index contributed by atoms with van der Waals surface area (Å²) in [5, 5.41) is 2.48. The molecule has 0 spiro atoms. The summed E-state index contributed by atoms with van der Waals surface area (Å²) in [5.41, 5.74) is 7.24. The smallest absolute Gasteiger partial charge is 0.181 e. The third-order valence-electron chi connectivity index (χ3n) is 2.10. The molecular formula is C11H13N3OS. The minimum absolute atomic E-state index is 0.322. The number of thiazole rings is 1. The van der Waals surface area contributed by atoms with E-state index in [9.17, 15) is 0 Å². The minimum Gasteiger partial charge on any atom is -0.448 e. The zero-order valence-corrected chi connectivity index (χ0v) is 9.99. The molecule has 0 aliphatic carbocycles. The van der Waals surface area contributed by atoms with Crippen LogP contribution in [0.4, 0.5) is 5.13 Å². The third kappa shape index (κ3) is 2.30. The second-order valence-electron chi connectivity index (χ2n) is 3.70. The molecule has 2 aromatic rings. The zero-order chi connectivity index (χ0) is 11.5. The predicted molar refractivity (Wildman–Crippen MR) is 66.0 cm³/mol. The van der Waals surface area contributed by atoms with Gasteiger partial charge in [0.05, 0.1) is 5.69 Å². The molecule has 2 aromatic heterocycles. The van der Waals surface area contributed by atoms with Gasteiger partial charge in [-0.2, -0.15) is 0 Å². The molecule has 2 heterocycles. The number of anilines is 1. The lowest BCUT2D eigenvalue weighted by molar-refractivity contribution is 0.482. The minimum atomic E-state index is 0.322. The quantitative estimate of drug-likeness (QED) is 0.888. The SMILES string of the molecule is CC(C)c1ocnc1/C=C/c1csc(N)n1. The Morgan fingerprint density at radius 3 is 2.88 bits per heavy atom. The summed E-state index contributed by atoms with van der Waals surface area (Å²) in [6, 6.07) is 0. The Hall–Kier alpha value is -1.62. The van der Waals surface area contributed by atoms with Crippen molar-refractivity contribution >= 4 is 28.6 Å². The van der Waals surface area contributed by atoms with Crippen molar-refractivity contribution < 1.29 is 4.42 Å². The normalized spacial score (nSPS) is 11.7. The number of hydrogen-bond acceptors (Lipinski definition) is 5. The van der Waals surface area contributed by atoms with Crippen LogP contribution in [0.5, 0.6) is 0 Å². The average Bonchev–Trinajstić information content (AvgIpc) is 2.83. The molecule has 0 amide bonds. The maximum absolute atomic E-state index is 5.55. The standard InChI is InChI=1S/C11H13N3OS/c1-7(2)10-9(13-6-15-10)4-3-8-5-16-11(12)14-8/h3-7H,1-2H3,(H2,12,14)/b4-3+. The summed E-state index contributed by atoms with van der Waals surface area (Å²) >= 11 is 1.42. The first kappa shape index (κ1) is 10.9. The van der Waals surface area contributed by atoms with Gasteiger partial charge in [-0.3, -0.25) is 0 Å². The van der Waals surface area contributed by atoms with Crippen molar-refractivity contribution in [2.75, 3.05) is 5.73 Å². The Labute approximate surface area is 97.8 Å². The fourth-order valence-electron chi connectivity index (χ4n) is 1.36. The van der Waals surface area contributed by atoms with Crippen molar-refractivity contribution in [3.8, 4) is 0 Å². The van der Waals surface area contributed by atoms with Crippen molar-refractivity contribution in [2.24, 2.45) is 0 Å². The monoisotopic (exact) mass is 235 g/mol. The van der Waals surface area contributed by atoms with Crippen LogP contribution in [-0.2, 0) is 0 Å². The van der Waals surface area contributed by atoms with Gasteiger partial charge in [-0.15, -0.1) is 11.3 Å². The van der Waals surface area contributed by atoms with Gasteiger partial charge >= 0.3 is 0 Å². The highest BCUT2D eigenvalue weighted by Crippen LogP contribution is 2.20. The Morgan fingerprint density at radius 2 is 2.25 bits per heavy atom. The van der Waals surface area contributed by atoms with Gasteiger partial charge in [0.1, 0.15) is 11.5 Å². The van der Waals surface area contributed by atoms with E-state index in [0.717, 1.165) is 17.1 Å². The number of nitrogens with two attached hydrogens (primary N) is 1. The molecule has 4 nitrogen and oxygen atoms in total. The number of nitrogens with zero attached hydrogens (tertiary/aromatic N) is 2. The lowest BCUT2D eigenvalue weighted by Crippen LogP contribution is -1.87. The summed E-state index contributed by atoms with van der Waals surface area (Å²) in [5.74, 6) is 1.21. The van der Waals surface area contributed by atoms with Gasteiger partial charge in [-0.05, 0) is 12.2 Å². The van der Waals surface area contributed by atoms with Crippen LogP contribution in [0.3, 0.4) is 0 Å². The van der Waals surface area contributed by atoms with Crippen LogP contribution < -0.4 is 5.73 Å². The molecule has 0 aliphatic heterocycles. The van der Waals surface area contributed by atoms with E-state index in [2.05, 4.69) is 23.8 Å². The van der Waals surface area contributed by atoms with Gasteiger partial charge in [-0.1, -0.05) is 13.8 Å². The van der Waals surface area contributed by atoms with Crippen molar-refractivity contribution in [3.05, 3.63) is 28.9 Å². The molecule has 2 rings (SSSR count). The molecule has 84 valence electrons. The summed E-state index contributed by atoms with van der Waals surface area (Å²) in [6.45, 7) is 4.14. The van der Waals surface area contributed by atoms with Crippen molar-refractivity contribution in [1.82, 2.24) is 9.97 Å². The maximum Gasteiger partial charge on any atom is 0.181 e. The third-order valence-corrected chi connectivity index (χ3v) is 2.79. The molecule has 0 radical (unpaired) electrons. The summed E-state index contributed by atoms with van der Waals surface area (Å²) in [4.78, 5) is 8.29. The van der Waals surface area contributed by atoms with Crippen molar-refractivity contribution in [1.29, 1.82) is 0 Å². The summed E-state index contributed by atoms with van der Waals surface area (Å²) in [7, 11) is 0. The van der Waals surface area contributed by atoms with Gasteiger partial charge in [0.15, 0.2) is 11.5 Å². The van der Waals surface area contributed by atoms with E-state index in [-0.39, 0.29) is 0 Å². The van der Waals surface area contributed by atoms with Crippen LogP contribution in [0, 0.1) is 0 Å². The summed E-state index contributed by atoms with van der Waals surface area (Å²) < 4.78 is 5.31. The molecule has 2 N–H and O–H groups in total. The molecular weight excluding hydrogens is 222 g/mol. The highest BCUT2D eigenvalue weighted by molar-refractivity contribution is 7.13. The van der Waals surface area contributed by atoms with Gasteiger partial charge in [0.25, 0.3) is 0 Å². The molecule has 5 heteroatoms. The molecule has 0 bridgehead atoms. The molecule has 0 atom stereocenters. The molecule has 0 unspecified atom stereocenters. The van der Waals surface area contributed by atoms with Crippen LogP contribution in [0.2, 0.25) is 0 Å². The van der Waals surface area contributed by atoms with Gasteiger partial charge in [-0.25, -0.2) is 9.97 Å². The first-order chi connectivity index (χ1) is 7.66. The first-order valence-corrected chi connectivity index (χ1v) is 5.87. The molecule has 0 saturated carbocycles. The number of aromatic nitrogens is 2. The number of rotatable bonds is 3. The second-order valence-corrected chi connectivity index (χ2v) is 4.59. The Bertz CT molecular complexity index is 499. The highest BCUT2D eigenvalue weighted by Gasteiger charge is 2.09. The van der Waals surface area contributed by atoms with E-state index in [4.69, 9.17) is 10.2 Å². The molecule has 0 saturated heterocycles. The van der Waals surface area contributed by atoms with Crippen molar-refractivity contribution in [2.45, 2.75) is 19.8 Å². The van der Waals surface area contributed by atoms with Crippen LogP contribution >= 0.6 is 11.3 Å². The van der Waals surface area contributed by atoms with Crippen LogP contribution in [0.15, 0.2) is 16.2 Å². The Kier molecular flexibility index (Phi) is 3.05. The lowest BCUT2D eigenvalue weighted by atomic mass is 10.1. The van der Waals surface area contributed by atoms with E-state index in [1.165, 1.54) is 17.7 Å². The number of oxazole rings is 1. The highest BCUT2D eigenvalue weighted by atomic mass is 32.1. The van der Waals surface area contributed by atoms with E-state index in [1.54, 1.807) is 0 Å². The lowest BCUT2D eigenvalue weighted by Gasteiger charge is -1.98. The first-order valence-electron chi connectivity index (χ1n) is 4.99. The Balaban J connectivity index is 2.20. The van der Waals surface area contributed by atoms with Crippen LogP contribution in [0.25, 0.3) is 12.2 Å². The number of nitrogen functional groups attached to an aromatic ring is 1. The summed E-state index contributed by atoms with van der Waals surface area (Å²) in [6.07, 6.45) is 5.24. The maximum atomic E-state index is 5.55. The fourth-order valence-corrected chi connectivity index (χ4v) is 1.89. The predicted octanol–water partition coefficient (Wildman–Crippen LogP) is 3.01. The largest absolute Gasteiger partial charge is 0.448 e. The zero-order valence-electron chi connectivity index (χ0n) is 9.18. The van der Waals surface area contributed by atoms with E-state index >= 15 is 0 Å². The average molecular weight is 235 g/mol. The van der Waals surface area contributed by atoms with Crippen LogP contribution in [-0.4, -0.2) is 9.97 Å². The van der Waals surface area contributed by atoms with Gasteiger partial charge < -0.3 is 10.2 Å². The molecule has 0 aromatic carbocycles. The van der Waals surface area contributed by atoms with Gasteiger partial charge in [0, 0.05) is 11.3 Å². The van der Waals surface area contributed by atoms with E-state index in [1.807, 2.05) is 17.5 Å². The van der Waals surface area contributed by atoms with Crippen molar-refractivity contribution in [3.63, 3.8) is 0 Å².